The summed E-state index contributed by atoms with van der Waals surface area (Å²) in [6, 6.07) is -0.458. The van der Waals surface area contributed by atoms with Crippen molar-refractivity contribution in [1.29, 1.82) is 0 Å². The van der Waals surface area contributed by atoms with Gasteiger partial charge in [0, 0.05) is 0 Å². The Bertz CT molecular complexity index is 375. The van der Waals surface area contributed by atoms with Crippen LogP contribution in [0.25, 0.3) is 0 Å². The fourth-order valence-electron chi connectivity index (χ4n) is 1.68. The van der Waals surface area contributed by atoms with E-state index in [0.717, 1.165) is 5.01 Å². The Morgan fingerprint density at radius 2 is 2.18 bits per heavy atom. The average molecular weight is 261 g/mol. The Labute approximate surface area is 102 Å². The molecule has 0 aromatic carbocycles. The molecular formula is C9H15N3O4S. The Kier molecular flexibility index (Phi) is 3.89. The maximum absolute atomic E-state index is 9.86. The molecule has 0 radical (unpaired) electrons. The highest BCUT2D eigenvalue weighted by Crippen LogP contribution is 2.21. The lowest BCUT2D eigenvalue weighted by Gasteiger charge is -2.36. The fourth-order valence-corrected chi connectivity index (χ4v) is 2.34. The molecule has 96 valence electrons. The monoisotopic (exact) mass is 261 g/mol. The lowest BCUT2D eigenvalue weighted by molar-refractivity contribution is -0.152. The summed E-state index contributed by atoms with van der Waals surface area (Å²) in [5, 5.41) is 40.5. The summed E-state index contributed by atoms with van der Waals surface area (Å²) in [4.78, 5) is 0. The zero-order valence-corrected chi connectivity index (χ0v) is 10.1. The minimum Gasteiger partial charge on any atom is -0.394 e. The van der Waals surface area contributed by atoms with Gasteiger partial charge >= 0.3 is 0 Å². The number of hydrogen-bond donors (Lipinski definition) is 4. The van der Waals surface area contributed by atoms with E-state index in [2.05, 4.69) is 15.5 Å². The maximum atomic E-state index is 9.86. The number of aliphatic hydroxyl groups is 3. The molecule has 0 unspecified atom stereocenters. The molecule has 17 heavy (non-hydrogen) atoms. The minimum absolute atomic E-state index is 0.197. The van der Waals surface area contributed by atoms with Crippen molar-refractivity contribution in [3.63, 3.8) is 0 Å². The average Bonchev–Trinajstić information content (AvgIpc) is 2.71. The topological polar surface area (TPSA) is 108 Å². The van der Waals surface area contributed by atoms with Crippen LogP contribution < -0.4 is 5.32 Å². The quantitative estimate of drug-likeness (QED) is 0.538. The van der Waals surface area contributed by atoms with Crippen molar-refractivity contribution in [2.45, 2.75) is 31.3 Å². The van der Waals surface area contributed by atoms with Crippen LogP contribution in [0.5, 0.6) is 0 Å². The van der Waals surface area contributed by atoms with E-state index in [-0.39, 0.29) is 13.2 Å². The number of nitrogens with zero attached hydrogens (tertiary/aromatic N) is 2. The van der Waals surface area contributed by atoms with Gasteiger partial charge in [-0.25, -0.2) is 0 Å². The molecule has 4 atom stereocenters. The van der Waals surface area contributed by atoms with Gasteiger partial charge in [-0.1, -0.05) is 11.3 Å². The van der Waals surface area contributed by atoms with Crippen LogP contribution in [0.15, 0.2) is 0 Å². The number of rotatable bonds is 3. The predicted octanol–water partition coefficient (Wildman–Crippen LogP) is -1.26. The normalized spacial score (nSPS) is 33.6. The molecule has 1 aliphatic heterocycles. The van der Waals surface area contributed by atoms with Gasteiger partial charge in [0.05, 0.1) is 19.3 Å². The molecular weight excluding hydrogens is 246 g/mol. The number of hydrogen-bond acceptors (Lipinski definition) is 8. The van der Waals surface area contributed by atoms with Crippen LogP contribution in [-0.2, 0) is 4.74 Å². The third-order valence-corrected chi connectivity index (χ3v) is 3.42. The number of ether oxygens (including phenoxy) is 1. The second kappa shape index (κ2) is 5.23. The van der Waals surface area contributed by atoms with Crippen LogP contribution in [-0.4, -0.2) is 63.1 Å². The van der Waals surface area contributed by atoms with Gasteiger partial charge in [-0.2, -0.15) is 0 Å². The van der Waals surface area contributed by atoms with Gasteiger partial charge in [0.1, 0.15) is 23.3 Å². The number of aryl methyl sites for hydroxylation is 1. The highest BCUT2D eigenvalue weighted by atomic mass is 32.1. The van der Waals surface area contributed by atoms with E-state index in [1.807, 2.05) is 6.92 Å². The van der Waals surface area contributed by atoms with E-state index in [9.17, 15) is 10.2 Å². The van der Waals surface area contributed by atoms with Gasteiger partial charge in [-0.05, 0) is 6.92 Å². The lowest BCUT2D eigenvalue weighted by atomic mass is 9.99. The third kappa shape index (κ3) is 2.72. The standard InChI is InChI=1S/C9H15N3O4S/c1-4-11-12-9(17-4)10-5-3-16-6(2-13)8(15)7(5)14/h5-8,13-15H,2-3H2,1H3,(H,10,12)/t5-,6+,7+,8-/m0/s1. The first-order valence-electron chi connectivity index (χ1n) is 5.27. The van der Waals surface area contributed by atoms with Crippen LogP contribution in [0.2, 0.25) is 0 Å². The zero-order valence-electron chi connectivity index (χ0n) is 9.28. The van der Waals surface area contributed by atoms with E-state index in [1.165, 1.54) is 11.3 Å². The molecule has 1 aromatic heterocycles. The van der Waals surface area contributed by atoms with Gasteiger partial charge < -0.3 is 25.4 Å². The van der Waals surface area contributed by atoms with Crippen molar-refractivity contribution in [3.05, 3.63) is 5.01 Å². The van der Waals surface area contributed by atoms with Gasteiger partial charge in [0.2, 0.25) is 5.13 Å². The Morgan fingerprint density at radius 3 is 2.76 bits per heavy atom. The summed E-state index contributed by atoms with van der Waals surface area (Å²) in [7, 11) is 0. The first-order chi connectivity index (χ1) is 8.11. The second-order valence-electron chi connectivity index (χ2n) is 3.91. The molecule has 0 spiro atoms. The summed E-state index contributed by atoms with van der Waals surface area (Å²) in [5.74, 6) is 0. The SMILES string of the molecule is Cc1nnc(N[C@H]2CO[C@H](CO)[C@H](O)[C@@H]2O)s1. The number of anilines is 1. The third-order valence-electron chi connectivity index (χ3n) is 2.65. The van der Waals surface area contributed by atoms with Crippen LogP contribution in [0, 0.1) is 6.92 Å². The van der Waals surface area contributed by atoms with Crippen molar-refractivity contribution in [2.24, 2.45) is 0 Å². The van der Waals surface area contributed by atoms with Gasteiger partial charge in [-0.3, -0.25) is 0 Å². The van der Waals surface area contributed by atoms with Crippen molar-refractivity contribution in [3.8, 4) is 0 Å². The van der Waals surface area contributed by atoms with Crippen LogP contribution >= 0.6 is 11.3 Å². The summed E-state index contributed by atoms with van der Waals surface area (Å²) >= 11 is 1.36. The van der Waals surface area contributed by atoms with Gasteiger partial charge in [0.15, 0.2) is 0 Å². The first kappa shape index (κ1) is 12.7. The van der Waals surface area contributed by atoms with E-state index in [4.69, 9.17) is 9.84 Å². The number of aliphatic hydroxyl groups excluding tert-OH is 3. The van der Waals surface area contributed by atoms with Crippen molar-refractivity contribution >= 4 is 16.5 Å². The van der Waals surface area contributed by atoms with Crippen molar-refractivity contribution in [2.75, 3.05) is 18.5 Å². The summed E-state index contributed by atoms with van der Waals surface area (Å²) in [6.07, 6.45) is -2.86. The smallest absolute Gasteiger partial charge is 0.206 e. The summed E-state index contributed by atoms with van der Waals surface area (Å²) < 4.78 is 5.24. The molecule has 0 aliphatic carbocycles. The van der Waals surface area contributed by atoms with Crippen LogP contribution in [0.3, 0.4) is 0 Å². The van der Waals surface area contributed by atoms with Gasteiger partial charge in [0.25, 0.3) is 0 Å². The summed E-state index contributed by atoms with van der Waals surface area (Å²) in [5.41, 5.74) is 0. The Balaban J connectivity index is 1.98. The zero-order chi connectivity index (χ0) is 12.4. The second-order valence-corrected chi connectivity index (χ2v) is 5.09. The largest absolute Gasteiger partial charge is 0.394 e. The molecule has 1 fully saturated rings. The predicted molar refractivity (Wildman–Crippen MR) is 60.9 cm³/mol. The fraction of sp³-hybridized carbons (Fsp3) is 0.778. The van der Waals surface area contributed by atoms with Crippen LogP contribution in [0.1, 0.15) is 5.01 Å². The van der Waals surface area contributed by atoms with E-state index in [0.29, 0.717) is 5.13 Å². The Morgan fingerprint density at radius 1 is 1.41 bits per heavy atom. The lowest BCUT2D eigenvalue weighted by Crippen LogP contribution is -2.56. The summed E-state index contributed by atoms with van der Waals surface area (Å²) in [6.45, 7) is 1.71. The molecule has 0 amide bonds. The molecule has 0 bridgehead atoms. The molecule has 1 saturated heterocycles. The number of aromatic nitrogens is 2. The first-order valence-corrected chi connectivity index (χ1v) is 6.08. The van der Waals surface area contributed by atoms with E-state index < -0.39 is 24.4 Å². The Hall–Kier alpha value is -0.800. The van der Waals surface area contributed by atoms with Crippen molar-refractivity contribution < 1.29 is 20.1 Å². The maximum Gasteiger partial charge on any atom is 0.206 e. The highest BCUT2D eigenvalue weighted by Gasteiger charge is 2.38. The highest BCUT2D eigenvalue weighted by molar-refractivity contribution is 7.15. The van der Waals surface area contributed by atoms with Crippen molar-refractivity contribution in [1.82, 2.24) is 10.2 Å². The molecule has 7 nitrogen and oxygen atoms in total. The molecule has 4 N–H and O–H groups in total. The molecule has 2 heterocycles. The molecule has 1 aliphatic rings. The molecule has 2 rings (SSSR count). The van der Waals surface area contributed by atoms with E-state index >= 15 is 0 Å². The molecule has 0 saturated carbocycles. The molecule has 1 aromatic rings. The minimum atomic E-state index is -1.11. The van der Waals surface area contributed by atoms with E-state index in [1.54, 1.807) is 0 Å². The van der Waals surface area contributed by atoms with Gasteiger partial charge in [-0.15, -0.1) is 10.2 Å². The number of nitrogens with one attached hydrogen (secondary N) is 1. The molecule has 8 heteroatoms. The van der Waals surface area contributed by atoms with Crippen LogP contribution in [0.4, 0.5) is 5.13 Å².